The number of ether oxygens (including phenoxy) is 1. The fraction of sp³-hybridized carbons (Fsp3) is 0.667. The van der Waals surface area contributed by atoms with Crippen LogP contribution in [0.5, 0.6) is 0 Å². The molecular formula is C18H30N2O. The number of benzene rings is 1. The normalized spacial score (nSPS) is 19.7. The molecule has 1 aromatic carbocycles. The van der Waals surface area contributed by atoms with E-state index in [9.17, 15) is 0 Å². The van der Waals surface area contributed by atoms with Crippen LogP contribution in [-0.2, 0) is 11.2 Å². The van der Waals surface area contributed by atoms with Crippen LogP contribution in [0.25, 0.3) is 0 Å². The van der Waals surface area contributed by atoms with Crippen molar-refractivity contribution >= 4 is 0 Å². The van der Waals surface area contributed by atoms with E-state index in [4.69, 9.17) is 4.74 Å². The highest BCUT2D eigenvalue weighted by Gasteiger charge is 2.34. The van der Waals surface area contributed by atoms with E-state index in [0.29, 0.717) is 6.04 Å². The lowest BCUT2D eigenvalue weighted by Crippen LogP contribution is -2.56. The molecule has 0 radical (unpaired) electrons. The van der Waals surface area contributed by atoms with Crippen molar-refractivity contribution in [3.05, 3.63) is 35.4 Å². The van der Waals surface area contributed by atoms with E-state index in [1.807, 2.05) is 0 Å². The Kier molecular flexibility index (Phi) is 5.80. The fourth-order valence-electron chi connectivity index (χ4n) is 3.14. The molecule has 1 atom stereocenters. The first-order chi connectivity index (χ1) is 10.0. The SMILES string of the molecule is Cc1ccccc1CC(C)NCC1(N(C)C)CCOCC1. The monoisotopic (exact) mass is 290 g/mol. The smallest absolute Gasteiger partial charge is 0.0484 e. The quantitative estimate of drug-likeness (QED) is 0.871. The van der Waals surface area contributed by atoms with E-state index in [1.54, 1.807) is 0 Å². The Morgan fingerprint density at radius 1 is 1.24 bits per heavy atom. The lowest BCUT2D eigenvalue weighted by Gasteiger charge is -2.43. The summed E-state index contributed by atoms with van der Waals surface area (Å²) in [4.78, 5) is 2.38. The van der Waals surface area contributed by atoms with Crippen LogP contribution < -0.4 is 5.32 Å². The number of hydrogen-bond acceptors (Lipinski definition) is 3. The number of nitrogens with zero attached hydrogens (tertiary/aromatic N) is 1. The van der Waals surface area contributed by atoms with Crippen LogP contribution in [0.4, 0.5) is 0 Å². The molecule has 21 heavy (non-hydrogen) atoms. The van der Waals surface area contributed by atoms with Crippen molar-refractivity contribution in [3.8, 4) is 0 Å². The van der Waals surface area contributed by atoms with Gasteiger partial charge in [0.25, 0.3) is 0 Å². The maximum atomic E-state index is 5.54. The molecule has 2 rings (SSSR count). The maximum Gasteiger partial charge on any atom is 0.0484 e. The van der Waals surface area contributed by atoms with Crippen LogP contribution >= 0.6 is 0 Å². The van der Waals surface area contributed by atoms with Gasteiger partial charge in [-0.3, -0.25) is 0 Å². The van der Waals surface area contributed by atoms with Crippen LogP contribution in [0, 0.1) is 6.92 Å². The predicted octanol–water partition coefficient (Wildman–Crippen LogP) is 2.63. The molecule has 1 N–H and O–H groups in total. The van der Waals surface area contributed by atoms with E-state index in [-0.39, 0.29) is 5.54 Å². The molecular weight excluding hydrogens is 260 g/mol. The topological polar surface area (TPSA) is 24.5 Å². The van der Waals surface area contributed by atoms with Crippen LogP contribution in [-0.4, -0.2) is 50.3 Å². The maximum absolute atomic E-state index is 5.54. The number of aryl methyl sites for hydroxylation is 1. The van der Waals surface area contributed by atoms with Gasteiger partial charge >= 0.3 is 0 Å². The van der Waals surface area contributed by atoms with Gasteiger partial charge in [-0.25, -0.2) is 0 Å². The highest BCUT2D eigenvalue weighted by atomic mass is 16.5. The summed E-state index contributed by atoms with van der Waals surface area (Å²) >= 11 is 0. The summed E-state index contributed by atoms with van der Waals surface area (Å²) < 4.78 is 5.54. The van der Waals surface area contributed by atoms with Gasteiger partial charge in [-0.1, -0.05) is 24.3 Å². The van der Waals surface area contributed by atoms with Gasteiger partial charge in [0.1, 0.15) is 0 Å². The highest BCUT2D eigenvalue weighted by Crippen LogP contribution is 2.25. The Bertz CT molecular complexity index is 439. The van der Waals surface area contributed by atoms with Crippen molar-refractivity contribution in [2.75, 3.05) is 33.9 Å². The van der Waals surface area contributed by atoms with Crippen molar-refractivity contribution < 1.29 is 4.74 Å². The highest BCUT2D eigenvalue weighted by molar-refractivity contribution is 5.26. The first-order valence-electron chi connectivity index (χ1n) is 8.06. The van der Waals surface area contributed by atoms with E-state index in [2.05, 4.69) is 62.4 Å². The van der Waals surface area contributed by atoms with E-state index in [0.717, 1.165) is 39.0 Å². The molecule has 1 aliphatic rings. The molecule has 0 bridgehead atoms. The van der Waals surface area contributed by atoms with Crippen LogP contribution in [0.2, 0.25) is 0 Å². The molecule has 1 saturated heterocycles. The third-order valence-corrected chi connectivity index (χ3v) is 4.94. The summed E-state index contributed by atoms with van der Waals surface area (Å²) in [6.07, 6.45) is 3.32. The largest absolute Gasteiger partial charge is 0.381 e. The van der Waals surface area contributed by atoms with Gasteiger partial charge < -0.3 is 15.0 Å². The summed E-state index contributed by atoms with van der Waals surface area (Å²) in [5.41, 5.74) is 3.08. The zero-order chi connectivity index (χ0) is 15.3. The molecule has 1 aromatic rings. The minimum Gasteiger partial charge on any atom is -0.381 e. The summed E-state index contributed by atoms with van der Waals surface area (Å²) in [6, 6.07) is 9.17. The summed E-state index contributed by atoms with van der Waals surface area (Å²) in [7, 11) is 4.39. The zero-order valence-electron chi connectivity index (χ0n) is 14.0. The van der Waals surface area contributed by atoms with E-state index in [1.165, 1.54) is 11.1 Å². The summed E-state index contributed by atoms with van der Waals surface area (Å²) in [5, 5.41) is 3.75. The first kappa shape index (κ1) is 16.5. The molecule has 118 valence electrons. The second-order valence-electron chi connectivity index (χ2n) is 6.64. The molecule has 0 saturated carbocycles. The minimum absolute atomic E-state index is 0.248. The fourth-order valence-corrected chi connectivity index (χ4v) is 3.14. The molecule has 1 fully saturated rings. The van der Waals surface area contributed by atoms with Crippen molar-refractivity contribution in [1.82, 2.24) is 10.2 Å². The van der Waals surface area contributed by atoms with Gasteiger partial charge in [0, 0.05) is 31.3 Å². The second-order valence-corrected chi connectivity index (χ2v) is 6.64. The zero-order valence-corrected chi connectivity index (χ0v) is 14.0. The molecule has 0 amide bonds. The number of rotatable bonds is 6. The minimum atomic E-state index is 0.248. The van der Waals surface area contributed by atoms with Gasteiger partial charge in [0.15, 0.2) is 0 Å². The number of hydrogen-bond donors (Lipinski definition) is 1. The lowest BCUT2D eigenvalue weighted by atomic mass is 9.88. The van der Waals surface area contributed by atoms with E-state index < -0.39 is 0 Å². The molecule has 0 aliphatic carbocycles. The summed E-state index contributed by atoms with van der Waals surface area (Å²) in [6.45, 7) is 7.28. The Balaban J connectivity index is 1.90. The molecule has 1 aliphatic heterocycles. The Hall–Kier alpha value is -0.900. The second kappa shape index (κ2) is 7.39. The molecule has 3 heteroatoms. The molecule has 1 unspecified atom stereocenters. The summed E-state index contributed by atoms with van der Waals surface area (Å²) in [5.74, 6) is 0. The van der Waals surface area contributed by atoms with E-state index >= 15 is 0 Å². The third-order valence-electron chi connectivity index (χ3n) is 4.94. The van der Waals surface area contributed by atoms with Gasteiger partial charge in [-0.15, -0.1) is 0 Å². The Morgan fingerprint density at radius 2 is 1.90 bits per heavy atom. The van der Waals surface area contributed by atoms with Crippen molar-refractivity contribution in [2.45, 2.75) is 44.7 Å². The Morgan fingerprint density at radius 3 is 2.52 bits per heavy atom. The van der Waals surface area contributed by atoms with Gasteiger partial charge in [0.2, 0.25) is 0 Å². The number of nitrogens with one attached hydrogen (secondary N) is 1. The van der Waals surface area contributed by atoms with Crippen LogP contribution in [0.3, 0.4) is 0 Å². The molecule has 0 aromatic heterocycles. The predicted molar refractivity (Wildman–Crippen MR) is 88.8 cm³/mol. The van der Waals surface area contributed by atoms with Crippen molar-refractivity contribution in [3.63, 3.8) is 0 Å². The third kappa shape index (κ3) is 4.29. The van der Waals surface area contributed by atoms with Crippen LogP contribution in [0.15, 0.2) is 24.3 Å². The first-order valence-corrected chi connectivity index (χ1v) is 8.06. The van der Waals surface area contributed by atoms with Crippen molar-refractivity contribution in [1.29, 1.82) is 0 Å². The number of likely N-dealkylation sites (N-methyl/N-ethyl adjacent to an activating group) is 1. The molecule has 1 heterocycles. The van der Waals surface area contributed by atoms with Gasteiger partial charge in [0.05, 0.1) is 0 Å². The van der Waals surface area contributed by atoms with Crippen LogP contribution in [0.1, 0.15) is 30.9 Å². The Labute approximate surface area is 129 Å². The standard InChI is InChI=1S/C18H30N2O/c1-15-7-5-6-8-17(15)13-16(2)19-14-18(20(3)4)9-11-21-12-10-18/h5-8,16,19H,9-14H2,1-4H3. The van der Waals surface area contributed by atoms with Gasteiger partial charge in [-0.2, -0.15) is 0 Å². The average molecular weight is 290 g/mol. The lowest BCUT2D eigenvalue weighted by molar-refractivity contribution is -0.00803. The van der Waals surface area contributed by atoms with Crippen molar-refractivity contribution in [2.24, 2.45) is 0 Å². The molecule has 0 spiro atoms. The average Bonchev–Trinajstić information content (AvgIpc) is 2.48. The molecule has 3 nitrogen and oxygen atoms in total. The van der Waals surface area contributed by atoms with Gasteiger partial charge in [-0.05, 0) is 58.3 Å².